The Morgan fingerprint density at radius 1 is 1.00 bits per heavy atom. The highest BCUT2D eigenvalue weighted by molar-refractivity contribution is 5.85. The predicted molar refractivity (Wildman–Crippen MR) is 77.3 cm³/mol. The number of aldehydes is 1. The normalized spacial score (nSPS) is 10.7. The third-order valence-corrected chi connectivity index (χ3v) is 3.29. The number of halogens is 1. The van der Waals surface area contributed by atoms with Crippen LogP contribution in [0.4, 0.5) is 4.39 Å². The SMILES string of the molecule is Cc1ccc2cc(-c3ccc(C=O)c(F)c3)ccc2n1. The number of carbonyl (C=O) groups excluding carboxylic acids is 1. The highest BCUT2D eigenvalue weighted by Crippen LogP contribution is 2.25. The number of benzene rings is 2. The fourth-order valence-corrected chi connectivity index (χ4v) is 2.21. The third-order valence-electron chi connectivity index (χ3n) is 3.29. The molecule has 1 aromatic heterocycles. The van der Waals surface area contributed by atoms with Crippen molar-refractivity contribution >= 4 is 17.2 Å². The molecule has 2 aromatic carbocycles. The van der Waals surface area contributed by atoms with E-state index in [1.54, 1.807) is 6.07 Å². The lowest BCUT2D eigenvalue weighted by Gasteiger charge is -2.05. The summed E-state index contributed by atoms with van der Waals surface area (Å²) in [6, 6.07) is 14.4. The lowest BCUT2D eigenvalue weighted by molar-refractivity contribution is 0.112. The molecular formula is C17H12FNO. The summed E-state index contributed by atoms with van der Waals surface area (Å²) in [6.45, 7) is 1.95. The van der Waals surface area contributed by atoms with Gasteiger partial charge in [-0.15, -0.1) is 0 Å². The summed E-state index contributed by atoms with van der Waals surface area (Å²) < 4.78 is 13.7. The van der Waals surface area contributed by atoms with Crippen LogP contribution in [-0.2, 0) is 0 Å². The molecule has 20 heavy (non-hydrogen) atoms. The zero-order chi connectivity index (χ0) is 14.1. The molecule has 0 unspecified atom stereocenters. The van der Waals surface area contributed by atoms with Crippen molar-refractivity contribution in [3.8, 4) is 11.1 Å². The molecule has 3 rings (SSSR count). The monoisotopic (exact) mass is 265 g/mol. The highest BCUT2D eigenvalue weighted by Gasteiger charge is 2.05. The number of fused-ring (bicyclic) bond motifs is 1. The summed E-state index contributed by atoms with van der Waals surface area (Å²) in [7, 11) is 0. The van der Waals surface area contributed by atoms with E-state index in [-0.39, 0.29) is 5.56 Å². The van der Waals surface area contributed by atoms with E-state index in [0.29, 0.717) is 6.29 Å². The number of rotatable bonds is 2. The van der Waals surface area contributed by atoms with Gasteiger partial charge in [-0.3, -0.25) is 9.78 Å². The topological polar surface area (TPSA) is 30.0 Å². The van der Waals surface area contributed by atoms with Crippen molar-refractivity contribution in [3.05, 3.63) is 65.6 Å². The number of pyridine rings is 1. The summed E-state index contributed by atoms with van der Waals surface area (Å²) in [6.07, 6.45) is 0.520. The van der Waals surface area contributed by atoms with Crippen LogP contribution in [0.1, 0.15) is 16.1 Å². The summed E-state index contributed by atoms with van der Waals surface area (Å²) in [5, 5.41) is 1.01. The van der Waals surface area contributed by atoms with E-state index in [1.165, 1.54) is 12.1 Å². The van der Waals surface area contributed by atoms with Crippen molar-refractivity contribution < 1.29 is 9.18 Å². The average Bonchev–Trinajstić information content (AvgIpc) is 2.46. The number of aromatic nitrogens is 1. The quantitative estimate of drug-likeness (QED) is 0.651. The van der Waals surface area contributed by atoms with Crippen LogP contribution in [-0.4, -0.2) is 11.3 Å². The van der Waals surface area contributed by atoms with Crippen LogP contribution in [0.3, 0.4) is 0 Å². The average molecular weight is 265 g/mol. The second kappa shape index (κ2) is 4.85. The first-order valence-corrected chi connectivity index (χ1v) is 6.30. The van der Waals surface area contributed by atoms with E-state index in [1.807, 2.05) is 37.3 Å². The predicted octanol–water partition coefficient (Wildman–Crippen LogP) is 4.16. The van der Waals surface area contributed by atoms with E-state index < -0.39 is 5.82 Å². The van der Waals surface area contributed by atoms with Crippen molar-refractivity contribution in [1.82, 2.24) is 4.98 Å². The van der Waals surface area contributed by atoms with Crippen molar-refractivity contribution in [2.24, 2.45) is 0 Å². The van der Waals surface area contributed by atoms with Gasteiger partial charge in [0.15, 0.2) is 6.29 Å². The molecule has 0 aliphatic carbocycles. The molecular weight excluding hydrogens is 253 g/mol. The van der Waals surface area contributed by atoms with Crippen LogP contribution in [0.2, 0.25) is 0 Å². The first-order chi connectivity index (χ1) is 9.67. The number of carbonyl (C=O) groups is 1. The molecule has 0 saturated heterocycles. The minimum atomic E-state index is -0.500. The Kier molecular flexibility index (Phi) is 3.03. The first kappa shape index (κ1) is 12.5. The molecule has 98 valence electrons. The summed E-state index contributed by atoms with van der Waals surface area (Å²) >= 11 is 0. The summed E-state index contributed by atoms with van der Waals surface area (Å²) in [4.78, 5) is 15.1. The number of nitrogens with zero attached hydrogens (tertiary/aromatic N) is 1. The zero-order valence-corrected chi connectivity index (χ0v) is 10.9. The summed E-state index contributed by atoms with van der Waals surface area (Å²) in [5.74, 6) is -0.500. The van der Waals surface area contributed by atoms with Crippen molar-refractivity contribution in [3.63, 3.8) is 0 Å². The van der Waals surface area contributed by atoms with E-state index in [2.05, 4.69) is 4.98 Å². The van der Waals surface area contributed by atoms with Crippen molar-refractivity contribution in [2.75, 3.05) is 0 Å². The van der Waals surface area contributed by atoms with Crippen LogP contribution in [0.5, 0.6) is 0 Å². The molecule has 0 bridgehead atoms. The van der Waals surface area contributed by atoms with Gasteiger partial charge in [0.2, 0.25) is 0 Å². The first-order valence-electron chi connectivity index (χ1n) is 6.30. The number of hydrogen-bond donors (Lipinski definition) is 0. The Balaban J connectivity index is 2.12. The molecule has 1 heterocycles. The third kappa shape index (κ3) is 2.18. The molecule has 2 nitrogen and oxygen atoms in total. The molecule has 0 amide bonds. The maximum Gasteiger partial charge on any atom is 0.152 e. The Hall–Kier alpha value is -2.55. The second-order valence-corrected chi connectivity index (χ2v) is 4.71. The fraction of sp³-hybridized carbons (Fsp3) is 0.0588. The van der Waals surface area contributed by atoms with Crippen LogP contribution in [0, 0.1) is 12.7 Å². The van der Waals surface area contributed by atoms with Crippen LogP contribution >= 0.6 is 0 Å². The van der Waals surface area contributed by atoms with E-state index in [9.17, 15) is 9.18 Å². The van der Waals surface area contributed by atoms with Gasteiger partial charge in [-0.25, -0.2) is 4.39 Å². The lowest BCUT2D eigenvalue weighted by atomic mass is 10.0. The minimum Gasteiger partial charge on any atom is -0.298 e. The maximum absolute atomic E-state index is 13.7. The van der Waals surface area contributed by atoms with Crippen LogP contribution < -0.4 is 0 Å². The molecule has 0 radical (unpaired) electrons. The standard InChI is InChI=1S/C17H12FNO/c1-11-2-3-14-8-12(6-7-17(14)19-11)13-4-5-15(10-20)16(18)9-13/h2-10H,1H3. The van der Waals surface area contributed by atoms with Gasteiger partial charge in [-0.05, 0) is 48.4 Å². The molecule has 0 N–H and O–H groups in total. The lowest BCUT2D eigenvalue weighted by Crippen LogP contribution is -1.89. The number of aryl methyl sites for hydroxylation is 1. The Morgan fingerprint density at radius 2 is 1.75 bits per heavy atom. The van der Waals surface area contributed by atoms with Gasteiger partial charge in [0.25, 0.3) is 0 Å². The van der Waals surface area contributed by atoms with Crippen LogP contribution in [0.25, 0.3) is 22.0 Å². The Morgan fingerprint density at radius 3 is 2.50 bits per heavy atom. The molecule has 0 spiro atoms. The second-order valence-electron chi connectivity index (χ2n) is 4.71. The Bertz CT molecular complexity index is 811. The zero-order valence-electron chi connectivity index (χ0n) is 10.9. The van der Waals surface area contributed by atoms with Gasteiger partial charge < -0.3 is 0 Å². The molecule has 0 saturated carbocycles. The van der Waals surface area contributed by atoms with Crippen molar-refractivity contribution in [1.29, 1.82) is 0 Å². The molecule has 0 aliphatic heterocycles. The minimum absolute atomic E-state index is 0.0758. The molecule has 3 aromatic rings. The van der Waals surface area contributed by atoms with E-state index >= 15 is 0 Å². The highest BCUT2D eigenvalue weighted by atomic mass is 19.1. The van der Waals surface area contributed by atoms with Crippen molar-refractivity contribution in [2.45, 2.75) is 6.92 Å². The van der Waals surface area contributed by atoms with E-state index in [4.69, 9.17) is 0 Å². The van der Waals surface area contributed by atoms with Gasteiger partial charge in [0, 0.05) is 11.1 Å². The van der Waals surface area contributed by atoms with Gasteiger partial charge in [0.1, 0.15) is 5.82 Å². The van der Waals surface area contributed by atoms with E-state index in [0.717, 1.165) is 27.7 Å². The maximum atomic E-state index is 13.7. The molecule has 3 heteroatoms. The van der Waals surface area contributed by atoms with Gasteiger partial charge >= 0.3 is 0 Å². The summed E-state index contributed by atoms with van der Waals surface area (Å²) in [5.41, 5.74) is 3.60. The Labute approximate surface area is 115 Å². The molecule has 0 atom stereocenters. The van der Waals surface area contributed by atoms with Gasteiger partial charge in [-0.2, -0.15) is 0 Å². The van der Waals surface area contributed by atoms with Gasteiger partial charge in [0.05, 0.1) is 11.1 Å². The van der Waals surface area contributed by atoms with Gasteiger partial charge in [-0.1, -0.05) is 18.2 Å². The van der Waals surface area contributed by atoms with Crippen LogP contribution in [0.15, 0.2) is 48.5 Å². The molecule has 0 fully saturated rings. The number of hydrogen-bond acceptors (Lipinski definition) is 2. The largest absolute Gasteiger partial charge is 0.298 e. The molecule has 0 aliphatic rings. The fourth-order valence-electron chi connectivity index (χ4n) is 2.21. The smallest absolute Gasteiger partial charge is 0.152 e.